The molecule has 0 saturated heterocycles. The van der Waals surface area contributed by atoms with Crippen LogP contribution in [0.25, 0.3) is 0 Å². The minimum absolute atomic E-state index is 0.0124. The van der Waals surface area contributed by atoms with Crippen molar-refractivity contribution in [1.29, 1.82) is 0 Å². The van der Waals surface area contributed by atoms with Gasteiger partial charge in [-0.3, -0.25) is 4.79 Å². The monoisotopic (exact) mass is 355 g/mol. The maximum atomic E-state index is 12.0. The van der Waals surface area contributed by atoms with Crippen LogP contribution in [0.3, 0.4) is 0 Å². The third-order valence-corrected chi connectivity index (χ3v) is 3.87. The molecule has 5 nitrogen and oxygen atoms in total. The summed E-state index contributed by atoms with van der Waals surface area (Å²) < 4.78 is 5.29. The van der Waals surface area contributed by atoms with E-state index >= 15 is 0 Å². The Morgan fingerprint density at radius 2 is 2.00 bits per heavy atom. The quantitative estimate of drug-likeness (QED) is 0.825. The van der Waals surface area contributed by atoms with Crippen molar-refractivity contribution in [1.82, 2.24) is 5.32 Å². The van der Waals surface area contributed by atoms with Crippen LogP contribution < -0.4 is 5.32 Å². The van der Waals surface area contributed by atoms with Gasteiger partial charge in [0, 0.05) is 29.1 Å². The second-order valence-electron chi connectivity index (χ2n) is 4.85. The van der Waals surface area contributed by atoms with Gasteiger partial charge in [-0.15, -0.1) is 0 Å². The zero-order valence-electron chi connectivity index (χ0n) is 12.4. The van der Waals surface area contributed by atoms with Crippen molar-refractivity contribution in [3.8, 4) is 0 Å². The Morgan fingerprint density at radius 3 is 2.57 bits per heavy atom. The normalized spacial score (nSPS) is 10.6. The first kappa shape index (κ1) is 17.4. The lowest BCUT2D eigenvalue weighted by atomic mass is 10.1. The number of aryl methyl sites for hydroxylation is 1. The number of carbonyl (C=O) groups is 2. The first-order chi connectivity index (χ1) is 10.9. The predicted molar refractivity (Wildman–Crippen MR) is 87.5 cm³/mol. The van der Waals surface area contributed by atoms with E-state index in [-0.39, 0.29) is 17.1 Å². The molecule has 23 heavy (non-hydrogen) atoms. The van der Waals surface area contributed by atoms with Gasteiger partial charge in [0.1, 0.15) is 11.3 Å². The van der Waals surface area contributed by atoms with Crippen LogP contribution in [0.2, 0.25) is 10.0 Å². The Balaban J connectivity index is 1.98. The van der Waals surface area contributed by atoms with E-state index in [1.54, 1.807) is 25.1 Å². The fourth-order valence-electron chi connectivity index (χ4n) is 2.11. The van der Waals surface area contributed by atoms with Gasteiger partial charge in [-0.2, -0.15) is 0 Å². The van der Waals surface area contributed by atoms with Crippen LogP contribution in [0, 0.1) is 0 Å². The van der Waals surface area contributed by atoms with Crippen molar-refractivity contribution in [2.24, 2.45) is 0 Å². The van der Waals surface area contributed by atoms with Gasteiger partial charge < -0.3 is 14.8 Å². The molecule has 7 heteroatoms. The SMILES string of the molecule is CCc1oc(C(=O)NCCc2ccc(Cl)cc2Cl)cc1C(=O)O. The summed E-state index contributed by atoms with van der Waals surface area (Å²) in [6, 6.07) is 6.40. The molecular weight excluding hydrogens is 341 g/mol. The number of carboxylic acids is 1. The number of aromatic carboxylic acids is 1. The average molecular weight is 356 g/mol. The van der Waals surface area contributed by atoms with Crippen molar-refractivity contribution in [3.05, 3.63) is 57.0 Å². The van der Waals surface area contributed by atoms with Gasteiger partial charge in [-0.05, 0) is 24.1 Å². The highest BCUT2D eigenvalue weighted by Gasteiger charge is 2.19. The van der Waals surface area contributed by atoms with Crippen molar-refractivity contribution in [2.75, 3.05) is 6.54 Å². The van der Waals surface area contributed by atoms with Gasteiger partial charge in [-0.1, -0.05) is 36.2 Å². The number of carboxylic acid groups (broad SMARTS) is 1. The van der Waals surface area contributed by atoms with Crippen LogP contribution >= 0.6 is 23.2 Å². The first-order valence-electron chi connectivity index (χ1n) is 7.00. The van der Waals surface area contributed by atoms with E-state index in [2.05, 4.69) is 5.32 Å². The number of amides is 1. The molecule has 1 aromatic carbocycles. The molecule has 0 atom stereocenters. The van der Waals surface area contributed by atoms with E-state index in [1.807, 2.05) is 0 Å². The van der Waals surface area contributed by atoms with Gasteiger partial charge in [0.2, 0.25) is 0 Å². The Labute approximate surface area is 143 Å². The highest BCUT2D eigenvalue weighted by Crippen LogP contribution is 2.21. The lowest BCUT2D eigenvalue weighted by Gasteiger charge is -2.06. The number of hydrogen-bond donors (Lipinski definition) is 2. The van der Waals surface area contributed by atoms with Crippen LogP contribution in [0.1, 0.15) is 39.2 Å². The van der Waals surface area contributed by atoms with Crippen LogP contribution in [-0.4, -0.2) is 23.5 Å². The van der Waals surface area contributed by atoms with E-state index in [9.17, 15) is 9.59 Å². The summed E-state index contributed by atoms with van der Waals surface area (Å²) in [5.74, 6) is -1.31. The Bertz CT molecular complexity index is 740. The maximum absolute atomic E-state index is 12.0. The number of nitrogens with one attached hydrogen (secondary N) is 1. The molecule has 1 amide bonds. The molecule has 2 rings (SSSR count). The third kappa shape index (κ3) is 4.27. The molecule has 122 valence electrons. The molecule has 0 saturated carbocycles. The summed E-state index contributed by atoms with van der Waals surface area (Å²) in [5.41, 5.74) is 0.870. The fraction of sp³-hybridized carbons (Fsp3) is 0.250. The summed E-state index contributed by atoms with van der Waals surface area (Å²) in [5, 5.41) is 12.8. The lowest BCUT2D eigenvalue weighted by Crippen LogP contribution is -2.25. The molecule has 0 radical (unpaired) electrons. The van der Waals surface area contributed by atoms with E-state index in [0.717, 1.165) is 5.56 Å². The molecular formula is C16H15Cl2NO4. The highest BCUT2D eigenvalue weighted by molar-refractivity contribution is 6.35. The fourth-order valence-corrected chi connectivity index (χ4v) is 2.61. The molecule has 0 unspecified atom stereocenters. The number of carbonyl (C=O) groups excluding carboxylic acids is 1. The number of rotatable bonds is 6. The Hall–Kier alpha value is -1.98. The molecule has 1 aromatic heterocycles. The number of furan rings is 1. The van der Waals surface area contributed by atoms with Gasteiger partial charge in [0.15, 0.2) is 5.76 Å². The largest absolute Gasteiger partial charge is 0.478 e. The Morgan fingerprint density at radius 1 is 1.26 bits per heavy atom. The molecule has 0 spiro atoms. The second-order valence-corrected chi connectivity index (χ2v) is 5.69. The summed E-state index contributed by atoms with van der Waals surface area (Å²) in [6.45, 7) is 2.10. The molecule has 0 fully saturated rings. The van der Waals surface area contributed by atoms with Crippen molar-refractivity contribution in [3.63, 3.8) is 0 Å². The van der Waals surface area contributed by atoms with Gasteiger partial charge in [0.05, 0.1) is 0 Å². The molecule has 0 aliphatic rings. The summed E-state index contributed by atoms with van der Waals surface area (Å²) >= 11 is 11.9. The topological polar surface area (TPSA) is 79.5 Å². The zero-order valence-corrected chi connectivity index (χ0v) is 13.9. The molecule has 0 bridgehead atoms. The van der Waals surface area contributed by atoms with Crippen LogP contribution in [-0.2, 0) is 12.8 Å². The van der Waals surface area contributed by atoms with Crippen LogP contribution in [0.4, 0.5) is 0 Å². The van der Waals surface area contributed by atoms with E-state index in [0.29, 0.717) is 29.4 Å². The van der Waals surface area contributed by atoms with E-state index in [4.69, 9.17) is 32.7 Å². The van der Waals surface area contributed by atoms with Crippen molar-refractivity contribution >= 4 is 35.1 Å². The second kappa shape index (κ2) is 7.53. The summed E-state index contributed by atoms with van der Waals surface area (Å²) in [7, 11) is 0. The number of benzene rings is 1. The standard InChI is InChI=1S/C16H15Cl2NO4/c1-2-13-11(16(21)22)8-14(23-13)15(20)19-6-5-9-3-4-10(17)7-12(9)18/h3-4,7-8H,2,5-6H2,1H3,(H,19,20)(H,21,22). The number of hydrogen-bond acceptors (Lipinski definition) is 3. The number of halogens is 2. The molecule has 2 N–H and O–H groups in total. The van der Waals surface area contributed by atoms with Gasteiger partial charge in [-0.25, -0.2) is 4.79 Å². The highest BCUT2D eigenvalue weighted by atomic mass is 35.5. The van der Waals surface area contributed by atoms with Crippen LogP contribution in [0.15, 0.2) is 28.7 Å². The average Bonchev–Trinajstić information content (AvgIpc) is 2.94. The summed E-state index contributed by atoms with van der Waals surface area (Å²) in [6.07, 6.45) is 0.921. The van der Waals surface area contributed by atoms with E-state index < -0.39 is 11.9 Å². The van der Waals surface area contributed by atoms with Crippen molar-refractivity contribution in [2.45, 2.75) is 19.8 Å². The predicted octanol–water partition coefficient (Wildman–Crippen LogP) is 3.82. The zero-order chi connectivity index (χ0) is 17.0. The smallest absolute Gasteiger partial charge is 0.339 e. The third-order valence-electron chi connectivity index (χ3n) is 3.28. The van der Waals surface area contributed by atoms with Crippen molar-refractivity contribution < 1.29 is 19.1 Å². The molecule has 0 aliphatic heterocycles. The van der Waals surface area contributed by atoms with Crippen LogP contribution in [0.5, 0.6) is 0 Å². The molecule has 1 heterocycles. The maximum Gasteiger partial charge on any atom is 0.339 e. The lowest BCUT2D eigenvalue weighted by molar-refractivity contribution is 0.0694. The van der Waals surface area contributed by atoms with Gasteiger partial charge >= 0.3 is 5.97 Å². The minimum Gasteiger partial charge on any atom is -0.478 e. The molecule has 0 aliphatic carbocycles. The Kier molecular flexibility index (Phi) is 5.69. The van der Waals surface area contributed by atoms with E-state index in [1.165, 1.54) is 6.07 Å². The minimum atomic E-state index is -1.11. The van der Waals surface area contributed by atoms with Gasteiger partial charge in [0.25, 0.3) is 5.91 Å². The summed E-state index contributed by atoms with van der Waals surface area (Å²) in [4.78, 5) is 23.1. The molecule has 2 aromatic rings. The first-order valence-corrected chi connectivity index (χ1v) is 7.76.